The first-order valence-corrected chi connectivity index (χ1v) is 7.79. The third-order valence-electron chi connectivity index (χ3n) is 3.63. The van der Waals surface area contributed by atoms with Gasteiger partial charge in [0.05, 0.1) is 0 Å². The van der Waals surface area contributed by atoms with Gasteiger partial charge in [-0.3, -0.25) is 0 Å². The molecule has 21 heavy (non-hydrogen) atoms. The molecule has 0 aliphatic heterocycles. The minimum atomic E-state index is -7.37. The Morgan fingerprint density at radius 2 is 1.48 bits per heavy atom. The van der Waals surface area contributed by atoms with Gasteiger partial charge in [-0.15, -0.1) is 0 Å². The molecule has 0 amide bonds. The quantitative estimate of drug-likeness (QED) is 0.782. The summed E-state index contributed by atoms with van der Waals surface area (Å²) in [6.07, 6.45) is -3.71. The number of alkyl halides is 5. The van der Waals surface area contributed by atoms with E-state index in [2.05, 4.69) is 0 Å². The van der Waals surface area contributed by atoms with Crippen molar-refractivity contribution in [3.63, 3.8) is 0 Å². The van der Waals surface area contributed by atoms with Gasteiger partial charge >= 0.3 is 11.8 Å². The Labute approximate surface area is 117 Å². The van der Waals surface area contributed by atoms with Gasteiger partial charge < -0.3 is 13.3 Å². The highest BCUT2D eigenvalue weighted by Gasteiger charge is 2.75. The fourth-order valence-corrected chi connectivity index (χ4v) is 4.45. The van der Waals surface area contributed by atoms with Crippen LogP contribution in [-0.4, -0.2) is 30.2 Å². The lowest BCUT2D eigenvalue weighted by atomic mass is 9.90. The number of rotatable bonds is 2. The second-order valence-electron chi connectivity index (χ2n) is 4.98. The van der Waals surface area contributed by atoms with E-state index in [1.165, 1.54) is 6.07 Å². The Kier molecular flexibility index (Phi) is 3.29. The van der Waals surface area contributed by atoms with Gasteiger partial charge in [0.2, 0.25) is 5.00 Å². The lowest BCUT2D eigenvalue weighted by Gasteiger charge is -2.66. The van der Waals surface area contributed by atoms with Gasteiger partial charge in [-0.2, -0.15) is 27.2 Å². The molecule has 0 saturated heterocycles. The molecule has 1 atom stereocenters. The monoisotopic (exact) mass is 330 g/mol. The largest absolute Gasteiger partial charge is 0.793 e. The summed E-state index contributed by atoms with van der Waals surface area (Å²) in [6, 6.07) is 4.52. The van der Waals surface area contributed by atoms with Gasteiger partial charge in [0.15, 0.2) is 0 Å². The van der Waals surface area contributed by atoms with E-state index < -0.39 is 50.6 Å². The Bertz CT molecular complexity index is 613. The van der Waals surface area contributed by atoms with Crippen molar-refractivity contribution in [1.82, 2.24) is 0 Å². The zero-order valence-electron chi connectivity index (χ0n) is 10.5. The SMILES string of the molecule is O=S([O-])([O-])(c1ccccc1)C1(F)CCCC(F)(F)C1(F)F. The molecule has 1 aromatic carbocycles. The standard InChI is InChI=1S/C12H13F5O3S/c13-10(14)7-4-8-11(15,12(10,16)17)21(18,19,20)9-5-2-1-3-6-9/h1-3,5-6H,4,7-8H2,(H2,18,19,20)/p-2. The predicted octanol–water partition coefficient (Wildman–Crippen LogP) is 3.25. The van der Waals surface area contributed by atoms with E-state index in [-0.39, 0.29) is 0 Å². The molecule has 1 aliphatic carbocycles. The summed E-state index contributed by atoms with van der Waals surface area (Å²) in [5.41, 5.74) is 0. The summed E-state index contributed by atoms with van der Waals surface area (Å²) in [5.74, 6) is -10.5. The zero-order valence-corrected chi connectivity index (χ0v) is 11.3. The van der Waals surface area contributed by atoms with Crippen LogP contribution in [0.2, 0.25) is 0 Å². The van der Waals surface area contributed by atoms with E-state index in [1.54, 1.807) is 0 Å². The van der Waals surface area contributed by atoms with Crippen molar-refractivity contribution in [2.75, 3.05) is 0 Å². The van der Waals surface area contributed by atoms with E-state index in [0.717, 1.165) is 12.1 Å². The fourth-order valence-electron chi connectivity index (χ4n) is 2.36. The van der Waals surface area contributed by atoms with Crippen LogP contribution in [0.15, 0.2) is 35.2 Å². The number of benzene rings is 1. The van der Waals surface area contributed by atoms with Crippen LogP contribution in [0.4, 0.5) is 22.0 Å². The summed E-state index contributed by atoms with van der Waals surface area (Å²) < 4.78 is 105. The first kappa shape index (κ1) is 16.3. The van der Waals surface area contributed by atoms with E-state index in [0.29, 0.717) is 12.1 Å². The first-order valence-electron chi connectivity index (χ1n) is 5.97. The molecular formula is C12H11F5O3S-2. The van der Waals surface area contributed by atoms with Gasteiger partial charge in [-0.1, -0.05) is 18.2 Å². The topological polar surface area (TPSA) is 63.2 Å². The maximum Gasteiger partial charge on any atom is 0.351 e. The van der Waals surface area contributed by atoms with Gasteiger partial charge in [0.1, 0.15) is 0 Å². The van der Waals surface area contributed by atoms with Gasteiger partial charge in [-0.25, -0.2) is 4.39 Å². The molecule has 9 heteroatoms. The van der Waals surface area contributed by atoms with Gasteiger partial charge in [-0.05, 0) is 29.9 Å². The third kappa shape index (κ3) is 1.94. The molecule has 1 fully saturated rings. The molecular weight excluding hydrogens is 319 g/mol. The minimum Gasteiger partial charge on any atom is -0.793 e. The number of hydrogen-bond donors (Lipinski definition) is 0. The number of hydrogen-bond acceptors (Lipinski definition) is 3. The molecule has 0 heterocycles. The molecule has 1 aliphatic rings. The second kappa shape index (κ2) is 4.23. The third-order valence-corrected chi connectivity index (χ3v) is 6.29. The predicted molar refractivity (Wildman–Crippen MR) is 62.0 cm³/mol. The molecule has 1 aromatic rings. The second-order valence-corrected chi connectivity index (χ2v) is 7.71. The molecule has 0 bridgehead atoms. The van der Waals surface area contributed by atoms with Crippen molar-refractivity contribution in [3.8, 4) is 0 Å². The highest BCUT2D eigenvalue weighted by Crippen LogP contribution is 2.61. The molecule has 120 valence electrons. The normalized spacial score (nSPS) is 30.3. The van der Waals surface area contributed by atoms with Crippen molar-refractivity contribution < 1.29 is 35.3 Å². The Morgan fingerprint density at radius 3 is 2.00 bits per heavy atom. The van der Waals surface area contributed by atoms with Crippen LogP contribution in [0, 0.1) is 0 Å². The molecule has 3 nitrogen and oxygen atoms in total. The van der Waals surface area contributed by atoms with Crippen LogP contribution in [0.5, 0.6) is 0 Å². The molecule has 0 radical (unpaired) electrons. The number of halogens is 5. The van der Waals surface area contributed by atoms with Crippen molar-refractivity contribution in [1.29, 1.82) is 0 Å². The average molecular weight is 330 g/mol. The van der Waals surface area contributed by atoms with E-state index in [9.17, 15) is 35.3 Å². The van der Waals surface area contributed by atoms with Gasteiger partial charge in [0.25, 0.3) is 0 Å². The fraction of sp³-hybridized carbons (Fsp3) is 0.500. The molecule has 0 aromatic heterocycles. The van der Waals surface area contributed by atoms with Crippen LogP contribution in [0.1, 0.15) is 19.3 Å². The maximum absolute atomic E-state index is 14.6. The van der Waals surface area contributed by atoms with Crippen LogP contribution in [0.3, 0.4) is 0 Å². The molecule has 0 spiro atoms. The molecule has 1 saturated carbocycles. The summed E-state index contributed by atoms with van der Waals surface area (Å²) >= 11 is 0. The lowest BCUT2D eigenvalue weighted by Crippen LogP contribution is -2.70. The van der Waals surface area contributed by atoms with Crippen molar-refractivity contribution in [3.05, 3.63) is 30.3 Å². The van der Waals surface area contributed by atoms with Crippen molar-refractivity contribution >= 4 is 9.63 Å². The first-order chi connectivity index (χ1) is 9.35. The maximum atomic E-state index is 14.6. The van der Waals surface area contributed by atoms with Crippen LogP contribution < -0.4 is 0 Å². The Morgan fingerprint density at radius 1 is 0.952 bits per heavy atom. The highest BCUT2D eigenvalue weighted by atomic mass is 32.3. The average Bonchev–Trinajstić information content (AvgIpc) is 2.37. The van der Waals surface area contributed by atoms with Crippen LogP contribution in [-0.2, 0) is 9.63 Å². The van der Waals surface area contributed by atoms with E-state index >= 15 is 0 Å². The highest BCUT2D eigenvalue weighted by molar-refractivity contribution is 8.11. The van der Waals surface area contributed by atoms with E-state index in [1.807, 2.05) is 0 Å². The van der Waals surface area contributed by atoms with Gasteiger partial charge in [0, 0.05) is 6.42 Å². The van der Waals surface area contributed by atoms with Crippen LogP contribution in [0.25, 0.3) is 0 Å². The Hall–Kier alpha value is -1.06. The van der Waals surface area contributed by atoms with Crippen molar-refractivity contribution in [2.24, 2.45) is 0 Å². The van der Waals surface area contributed by atoms with Crippen LogP contribution >= 0.6 is 0 Å². The molecule has 1 unspecified atom stereocenters. The number of sulfone groups is 3. The minimum absolute atomic E-state index is 0.610. The summed E-state index contributed by atoms with van der Waals surface area (Å²) in [7, 11) is -7.37. The lowest BCUT2D eigenvalue weighted by molar-refractivity contribution is -0.273. The smallest absolute Gasteiger partial charge is 0.351 e. The summed E-state index contributed by atoms with van der Waals surface area (Å²) in [4.78, 5) is -1.28. The zero-order chi connectivity index (χ0) is 16.2. The summed E-state index contributed by atoms with van der Waals surface area (Å²) in [5, 5.41) is -4.90. The molecule has 2 rings (SSSR count). The van der Waals surface area contributed by atoms with Crippen molar-refractivity contribution in [2.45, 2.75) is 41.0 Å². The summed E-state index contributed by atoms with van der Waals surface area (Å²) in [6.45, 7) is 0. The van der Waals surface area contributed by atoms with E-state index in [4.69, 9.17) is 0 Å². The Balaban J connectivity index is 2.70. The molecule has 0 N–H and O–H groups in total.